The third-order valence-electron chi connectivity index (χ3n) is 8.81. The van der Waals surface area contributed by atoms with Crippen LogP contribution in [0.2, 0.25) is 0 Å². The van der Waals surface area contributed by atoms with Crippen molar-refractivity contribution < 1.29 is 9.59 Å². The van der Waals surface area contributed by atoms with Gasteiger partial charge in [-0.1, -0.05) is 153 Å². The summed E-state index contributed by atoms with van der Waals surface area (Å²) in [5.41, 5.74) is 5.78. The largest absolute Gasteiger partial charge is 0.338 e. The van der Waals surface area contributed by atoms with E-state index < -0.39 is 17.4 Å². The van der Waals surface area contributed by atoms with Gasteiger partial charge < -0.3 is 4.90 Å². The van der Waals surface area contributed by atoms with Gasteiger partial charge in [0.2, 0.25) is 7.85 Å². The predicted octanol–water partition coefficient (Wildman–Crippen LogP) is 7.55. The summed E-state index contributed by atoms with van der Waals surface area (Å²) in [6.45, 7) is 5.55. The van der Waals surface area contributed by atoms with Gasteiger partial charge in [-0.15, -0.1) is 5.10 Å². The zero-order chi connectivity index (χ0) is 33.7. The van der Waals surface area contributed by atoms with Crippen molar-refractivity contribution in [2.75, 3.05) is 0 Å². The maximum Gasteiger partial charge on any atom is 0.200 e. The normalized spacial score (nSPS) is 12.1. The number of Topliss-reactive ketones (excluding diaryl/α,β-unsaturated/α-hetero) is 1. The van der Waals surface area contributed by atoms with E-state index in [-0.39, 0.29) is 18.2 Å². The van der Waals surface area contributed by atoms with Gasteiger partial charge in [0, 0.05) is 12.1 Å². The molecule has 0 saturated carbocycles. The second kappa shape index (κ2) is 14.0. The Balaban J connectivity index is 1.48. The number of hydrogen-bond donors (Lipinski definition) is 0. The van der Waals surface area contributed by atoms with Crippen molar-refractivity contribution >= 4 is 19.4 Å². The Labute approximate surface area is 282 Å². The molecule has 0 spiro atoms. The molecular weight excluding hydrogens is 593 g/mol. The van der Waals surface area contributed by atoms with Crippen LogP contribution in [-0.2, 0) is 16.9 Å². The van der Waals surface area contributed by atoms with Crippen molar-refractivity contribution in [3.05, 3.63) is 162 Å². The highest BCUT2D eigenvalue weighted by Crippen LogP contribution is 2.43. The Hall–Kier alpha value is -5.63. The Morgan fingerprint density at radius 1 is 0.708 bits per heavy atom. The minimum Gasteiger partial charge on any atom is -0.338 e. The van der Waals surface area contributed by atoms with Gasteiger partial charge in [-0.25, -0.2) is 4.68 Å². The van der Waals surface area contributed by atoms with Crippen LogP contribution in [0.5, 0.6) is 0 Å². The monoisotopic (exact) mass is 629 g/mol. The van der Waals surface area contributed by atoms with E-state index in [0.717, 1.165) is 38.9 Å². The number of hydrogen-bond acceptors (Lipinski definition) is 5. The number of nitrogens with zero attached hydrogens (tertiary/aromatic N) is 5. The van der Waals surface area contributed by atoms with Crippen LogP contribution in [0.25, 0.3) is 22.5 Å². The van der Waals surface area contributed by atoms with Crippen LogP contribution < -0.4 is 0 Å². The maximum atomic E-state index is 12.4. The zero-order valence-electron chi connectivity index (χ0n) is 27.3. The summed E-state index contributed by atoms with van der Waals surface area (Å²) in [4.78, 5) is 26.3. The number of amides is 1. The van der Waals surface area contributed by atoms with Gasteiger partial charge in [0.15, 0.2) is 17.4 Å². The van der Waals surface area contributed by atoms with Crippen molar-refractivity contribution in [3.8, 4) is 22.5 Å². The number of tetrazole rings is 1. The van der Waals surface area contributed by atoms with E-state index in [4.69, 9.17) is 13.1 Å². The summed E-state index contributed by atoms with van der Waals surface area (Å²) >= 11 is 0. The number of benzene rings is 5. The third-order valence-corrected chi connectivity index (χ3v) is 8.81. The van der Waals surface area contributed by atoms with Crippen LogP contribution >= 0.6 is 0 Å². The number of rotatable bonds is 11. The smallest absolute Gasteiger partial charge is 0.200 e. The molecule has 7 nitrogen and oxygen atoms in total. The molecule has 0 aliphatic heterocycles. The zero-order valence-corrected chi connectivity index (χ0v) is 27.3. The molecule has 0 unspecified atom stereocenters. The Bertz CT molecular complexity index is 1900. The van der Waals surface area contributed by atoms with Crippen molar-refractivity contribution in [2.45, 2.75) is 38.9 Å². The number of aromatic nitrogens is 4. The van der Waals surface area contributed by atoms with Crippen molar-refractivity contribution in [1.82, 2.24) is 25.1 Å². The Morgan fingerprint density at radius 3 is 1.65 bits per heavy atom. The number of ketones is 1. The number of carbonyl (C=O) groups excluding carboxylic acids is 2. The summed E-state index contributed by atoms with van der Waals surface area (Å²) in [6.07, 6.45) is 0. The summed E-state index contributed by atoms with van der Waals surface area (Å²) in [5.74, 6) is -0.178. The first-order chi connectivity index (χ1) is 23.3. The van der Waals surface area contributed by atoms with E-state index in [1.165, 1.54) is 11.8 Å². The molecule has 0 N–H and O–H groups in total. The van der Waals surface area contributed by atoms with E-state index in [2.05, 4.69) is 52.8 Å². The van der Waals surface area contributed by atoms with Crippen LogP contribution in [-0.4, -0.2) is 50.6 Å². The molecule has 5 aromatic carbocycles. The minimum absolute atomic E-state index is 0.0677. The van der Waals surface area contributed by atoms with Crippen LogP contribution in [0.3, 0.4) is 0 Å². The molecule has 236 valence electrons. The van der Waals surface area contributed by atoms with E-state index in [0.29, 0.717) is 5.82 Å². The molecule has 48 heavy (non-hydrogen) atoms. The molecule has 0 bridgehead atoms. The lowest BCUT2D eigenvalue weighted by atomic mass is 9.77. The average molecular weight is 630 g/mol. The summed E-state index contributed by atoms with van der Waals surface area (Å²) in [5, 5.41) is 13.6. The van der Waals surface area contributed by atoms with Gasteiger partial charge in [-0.05, 0) is 56.6 Å². The molecule has 0 aliphatic carbocycles. The highest BCUT2D eigenvalue weighted by Gasteiger charge is 2.42. The fourth-order valence-electron chi connectivity index (χ4n) is 6.76. The summed E-state index contributed by atoms with van der Waals surface area (Å²) < 4.78 is 1.93. The molecule has 1 amide bonds. The predicted molar refractivity (Wildman–Crippen MR) is 189 cm³/mol. The van der Waals surface area contributed by atoms with Crippen molar-refractivity contribution in [3.63, 3.8) is 0 Å². The summed E-state index contributed by atoms with van der Waals surface area (Å²) in [6, 6.07) is 46.3. The molecule has 0 fully saturated rings. The van der Waals surface area contributed by atoms with E-state index in [9.17, 15) is 9.59 Å². The van der Waals surface area contributed by atoms with E-state index >= 15 is 0 Å². The van der Waals surface area contributed by atoms with Gasteiger partial charge >= 0.3 is 0 Å². The summed E-state index contributed by atoms with van der Waals surface area (Å²) in [7, 11) is 5.75. The first-order valence-electron chi connectivity index (χ1n) is 16.0. The van der Waals surface area contributed by atoms with Gasteiger partial charge in [-0.2, -0.15) is 0 Å². The molecule has 2 radical (unpaired) electrons. The second-order valence-electron chi connectivity index (χ2n) is 12.2. The molecular formula is C40H36BN5O2. The quantitative estimate of drug-likeness (QED) is 0.109. The SMILES string of the molecule is [B]C(=O)N(Cc1ccc(-c2ccccc2-c2nnnn2C(c2ccccc2)(c2ccccc2)c2ccccc2)cc1)[C@H](C(C)=O)C(C)C. The van der Waals surface area contributed by atoms with Gasteiger partial charge in [0.25, 0.3) is 0 Å². The highest BCUT2D eigenvalue weighted by molar-refractivity contribution is 6.57. The van der Waals surface area contributed by atoms with Crippen molar-refractivity contribution in [2.24, 2.45) is 5.92 Å². The highest BCUT2D eigenvalue weighted by atomic mass is 16.2. The van der Waals surface area contributed by atoms with Crippen molar-refractivity contribution in [1.29, 1.82) is 0 Å². The standard InChI is InChI=1S/C40H36BN5O2/c1-28(2)37(29(3)47)45(39(41)48)27-30-23-25-31(26-24-30)35-21-13-14-22-36(35)38-42-43-44-46(38)40(32-15-7-4-8-16-32,33-17-9-5-10-18-33)34-19-11-6-12-20-34/h4-26,28,37H,27H2,1-3H3/t37-/m0/s1. The first kappa shape index (κ1) is 32.3. The average Bonchev–Trinajstić information content (AvgIpc) is 3.60. The van der Waals surface area contributed by atoms with Gasteiger partial charge in [-0.3, -0.25) is 9.59 Å². The lowest BCUT2D eigenvalue weighted by molar-refractivity contribution is -0.122. The molecule has 0 aliphatic rings. The molecule has 8 heteroatoms. The molecule has 1 atom stereocenters. The fourth-order valence-corrected chi connectivity index (χ4v) is 6.76. The van der Waals surface area contributed by atoms with E-state index in [1.54, 1.807) is 0 Å². The molecule has 1 aromatic heterocycles. The third kappa shape index (κ3) is 6.09. The Kier molecular flexibility index (Phi) is 9.44. The molecule has 6 aromatic rings. The lowest BCUT2D eigenvalue weighted by Crippen LogP contribution is -2.46. The minimum atomic E-state index is -0.887. The van der Waals surface area contributed by atoms with Crippen LogP contribution in [0, 0.1) is 5.92 Å². The maximum absolute atomic E-state index is 12.4. The van der Waals surface area contributed by atoms with Crippen LogP contribution in [0.4, 0.5) is 4.79 Å². The lowest BCUT2D eigenvalue weighted by Gasteiger charge is -2.36. The van der Waals surface area contributed by atoms with Gasteiger partial charge in [0.05, 0.1) is 6.04 Å². The number of carbonyl (C=O) groups is 2. The Morgan fingerprint density at radius 2 is 1.19 bits per heavy atom. The van der Waals surface area contributed by atoms with Crippen LogP contribution in [0.1, 0.15) is 43.0 Å². The molecule has 1 heterocycles. The van der Waals surface area contributed by atoms with Gasteiger partial charge in [0.1, 0.15) is 5.54 Å². The fraction of sp³-hybridized carbons (Fsp3) is 0.175. The second-order valence-corrected chi connectivity index (χ2v) is 12.2. The first-order valence-corrected chi connectivity index (χ1v) is 16.0. The topological polar surface area (TPSA) is 81.0 Å². The van der Waals surface area contributed by atoms with E-state index in [1.807, 2.05) is 116 Å². The van der Waals surface area contributed by atoms with Crippen LogP contribution in [0.15, 0.2) is 140 Å². The molecule has 6 rings (SSSR count). The molecule has 0 saturated heterocycles.